The van der Waals surface area contributed by atoms with E-state index in [1.165, 1.54) is 44.2 Å². The molecule has 1 saturated carbocycles. The van der Waals surface area contributed by atoms with Gasteiger partial charge < -0.3 is 5.32 Å². The number of hydrogen-bond donors (Lipinski definition) is 2. The van der Waals surface area contributed by atoms with E-state index in [4.69, 9.17) is 0 Å². The monoisotopic (exact) mass is 221 g/mol. The first-order chi connectivity index (χ1) is 7.36. The molecule has 1 aromatic carbocycles. The Bertz CT molecular complexity index is 303. The second-order valence-electron chi connectivity index (χ2n) is 4.35. The van der Waals surface area contributed by atoms with Crippen LogP contribution in [0.2, 0.25) is 0 Å². The SMILES string of the molecule is Sc1ccccc1NC1CCCCCC1. The van der Waals surface area contributed by atoms with E-state index >= 15 is 0 Å². The number of nitrogens with one attached hydrogen (secondary N) is 1. The zero-order valence-corrected chi connectivity index (χ0v) is 9.97. The quantitative estimate of drug-likeness (QED) is 0.566. The molecule has 1 fully saturated rings. The van der Waals surface area contributed by atoms with Gasteiger partial charge in [-0.1, -0.05) is 37.8 Å². The Kier molecular flexibility index (Phi) is 3.95. The molecule has 1 nitrogen and oxygen atoms in total. The third kappa shape index (κ3) is 3.16. The topological polar surface area (TPSA) is 12.0 Å². The van der Waals surface area contributed by atoms with Crippen molar-refractivity contribution in [1.82, 2.24) is 0 Å². The minimum atomic E-state index is 0.654. The number of rotatable bonds is 2. The fraction of sp³-hybridized carbons (Fsp3) is 0.538. The Morgan fingerprint density at radius 1 is 1.00 bits per heavy atom. The molecule has 0 heterocycles. The number of anilines is 1. The maximum atomic E-state index is 4.46. The first kappa shape index (κ1) is 10.9. The van der Waals surface area contributed by atoms with Crippen molar-refractivity contribution < 1.29 is 0 Å². The molecule has 1 aliphatic rings. The lowest BCUT2D eigenvalue weighted by Gasteiger charge is -2.18. The maximum absolute atomic E-state index is 4.46. The summed E-state index contributed by atoms with van der Waals surface area (Å²) in [5.41, 5.74) is 1.19. The number of para-hydroxylation sites is 1. The van der Waals surface area contributed by atoms with Crippen LogP contribution in [0.15, 0.2) is 29.2 Å². The molecule has 1 N–H and O–H groups in total. The summed E-state index contributed by atoms with van der Waals surface area (Å²) >= 11 is 4.46. The number of thiol groups is 1. The van der Waals surface area contributed by atoms with Crippen LogP contribution in [-0.2, 0) is 0 Å². The largest absolute Gasteiger partial charge is 0.381 e. The molecular weight excluding hydrogens is 202 g/mol. The van der Waals surface area contributed by atoms with E-state index in [9.17, 15) is 0 Å². The fourth-order valence-corrected chi connectivity index (χ4v) is 2.46. The molecule has 0 aliphatic heterocycles. The normalized spacial score (nSPS) is 18.5. The van der Waals surface area contributed by atoms with Gasteiger partial charge in [-0.15, -0.1) is 12.6 Å². The van der Waals surface area contributed by atoms with Gasteiger partial charge in [-0.25, -0.2) is 0 Å². The molecule has 2 heteroatoms. The Balaban J connectivity index is 1.98. The molecule has 1 aliphatic carbocycles. The van der Waals surface area contributed by atoms with Gasteiger partial charge in [0.05, 0.1) is 0 Å². The van der Waals surface area contributed by atoms with Gasteiger partial charge in [0, 0.05) is 16.6 Å². The van der Waals surface area contributed by atoms with E-state index in [0.717, 1.165) is 4.90 Å². The van der Waals surface area contributed by atoms with Crippen LogP contribution in [-0.4, -0.2) is 6.04 Å². The molecule has 0 saturated heterocycles. The average molecular weight is 221 g/mol. The van der Waals surface area contributed by atoms with Crippen LogP contribution in [0.5, 0.6) is 0 Å². The van der Waals surface area contributed by atoms with Gasteiger partial charge >= 0.3 is 0 Å². The first-order valence-electron chi connectivity index (χ1n) is 5.91. The summed E-state index contributed by atoms with van der Waals surface area (Å²) in [5.74, 6) is 0. The first-order valence-corrected chi connectivity index (χ1v) is 6.35. The van der Waals surface area contributed by atoms with Crippen molar-refractivity contribution >= 4 is 18.3 Å². The van der Waals surface area contributed by atoms with Crippen molar-refractivity contribution in [1.29, 1.82) is 0 Å². The molecule has 0 spiro atoms. The molecule has 0 atom stereocenters. The van der Waals surface area contributed by atoms with Gasteiger partial charge in [-0.05, 0) is 25.0 Å². The van der Waals surface area contributed by atoms with E-state index in [0.29, 0.717) is 6.04 Å². The summed E-state index contributed by atoms with van der Waals surface area (Å²) in [6.45, 7) is 0. The highest BCUT2D eigenvalue weighted by atomic mass is 32.1. The smallest absolute Gasteiger partial charge is 0.0477 e. The highest BCUT2D eigenvalue weighted by Crippen LogP contribution is 2.24. The third-order valence-electron chi connectivity index (χ3n) is 3.12. The predicted molar refractivity (Wildman–Crippen MR) is 68.8 cm³/mol. The van der Waals surface area contributed by atoms with Gasteiger partial charge in [0.2, 0.25) is 0 Å². The Labute approximate surface area is 97.7 Å². The van der Waals surface area contributed by atoms with Crippen LogP contribution in [0.3, 0.4) is 0 Å². The van der Waals surface area contributed by atoms with Crippen molar-refractivity contribution in [3.8, 4) is 0 Å². The van der Waals surface area contributed by atoms with Crippen LogP contribution < -0.4 is 5.32 Å². The lowest BCUT2D eigenvalue weighted by atomic mass is 10.1. The minimum Gasteiger partial charge on any atom is -0.381 e. The molecular formula is C13H19NS. The molecule has 82 valence electrons. The summed E-state index contributed by atoms with van der Waals surface area (Å²) in [6.07, 6.45) is 8.16. The van der Waals surface area contributed by atoms with Gasteiger partial charge in [-0.3, -0.25) is 0 Å². The molecule has 0 unspecified atom stereocenters. The number of hydrogen-bond acceptors (Lipinski definition) is 2. The average Bonchev–Trinajstić information content (AvgIpc) is 2.50. The van der Waals surface area contributed by atoms with E-state index in [2.05, 4.69) is 30.1 Å². The molecule has 0 radical (unpaired) electrons. The van der Waals surface area contributed by atoms with Crippen LogP contribution in [0.4, 0.5) is 5.69 Å². The van der Waals surface area contributed by atoms with Crippen LogP contribution in [0.25, 0.3) is 0 Å². The number of benzene rings is 1. The van der Waals surface area contributed by atoms with E-state index < -0.39 is 0 Å². The standard InChI is InChI=1S/C13H19NS/c15-13-10-6-5-9-12(13)14-11-7-3-1-2-4-8-11/h5-6,9-11,14-15H,1-4,7-8H2. The highest BCUT2D eigenvalue weighted by molar-refractivity contribution is 7.80. The molecule has 1 aromatic rings. The van der Waals surface area contributed by atoms with E-state index in [-0.39, 0.29) is 0 Å². The van der Waals surface area contributed by atoms with Crippen molar-refractivity contribution in [2.24, 2.45) is 0 Å². The van der Waals surface area contributed by atoms with Gasteiger partial charge in [0.15, 0.2) is 0 Å². The van der Waals surface area contributed by atoms with Crippen LogP contribution >= 0.6 is 12.6 Å². The van der Waals surface area contributed by atoms with Gasteiger partial charge in [-0.2, -0.15) is 0 Å². The van der Waals surface area contributed by atoms with Gasteiger partial charge in [0.25, 0.3) is 0 Å². The Morgan fingerprint density at radius 2 is 1.67 bits per heavy atom. The van der Waals surface area contributed by atoms with E-state index in [1.54, 1.807) is 0 Å². The fourth-order valence-electron chi connectivity index (χ4n) is 2.24. The summed E-state index contributed by atoms with van der Waals surface area (Å²) in [5, 5.41) is 3.61. The molecule has 0 amide bonds. The maximum Gasteiger partial charge on any atom is 0.0477 e. The highest BCUT2D eigenvalue weighted by Gasteiger charge is 2.12. The zero-order valence-electron chi connectivity index (χ0n) is 9.08. The second-order valence-corrected chi connectivity index (χ2v) is 4.83. The molecule has 15 heavy (non-hydrogen) atoms. The summed E-state index contributed by atoms with van der Waals surface area (Å²) in [7, 11) is 0. The second kappa shape index (κ2) is 5.45. The lowest BCUT2D eigenvalue weighted by Crippen LogP contribution is -2.18. The Hall–Kier alpha value is -0.630. The minimum absolute atomic E-state index is 0.654. The van der Waals surface area contributed by atoms with Crippen molar-refractivity contribution in [3.63, 3.8) is 0 Å². The Morgan fingerprint density at radius 3 is 2.33 bits per heavy atom. The molecule has 0 aromatic heterocycles. The van der Waals surface area contributed by atoms with Crippen molar-refractivity contribution in [2.45, 2.75) is 49.5 Å². The van der Waals surface area contributed by atoms with Crippen molar-refractivity contribution in [2.75, 3.05) is 5.32 Å². The van der Waals surface area contributed by atoms with E-state index in [1.807, 2.05) is 12.1 Å². The third-order valence-corrected chi connectivity index (χ3v) is 3.51. The lowest BCUT2D eigenvalue weighted by molar-refractivity contribution is 0.619. The predicted octanol–water partition coefficient (Wildman–Crippen LogP) is 4.11. The molecule has 0 bridgehead atoms. The van der Waals surface area contributed by atoms with Gasteiger partial charge in [0.1, 0.15) is 0 Å². The zero-order chi connectivity index (χ0) is 10.5. The van der Waals surface area contributed by atoms with Crippen LogP contribution in [0, 0.1) is 0 Å². The summed E-state index contributed by atoms with van der Waals surface area (Å²) < 4.78 is 0. The van der Waals surface area contributed by atoms with Crippen molar-refractivity contribution in [3.05, 3.63) is 24.3 Å². The summed E-state index contributed by atoms with van der Waals surface area (Å²) in [6, 6.07) is 8.91. The summed E-state index contributed by atoms with van der Waals surface area (Å²) in [4.78, 5) is 1.06. The molecule has 2 rings (SSSR count). The van der Waals surface area contributed by atoms with Crippen LogP contribution in [0.1, 0.15) is 38.5 Å².